The van der Waals surface area contributed by atoms with Crippen molar-refractivity contribution in [3.63, 3.8) is 0 Å². The summed E-state index contributed by atoms with van der Waals surface area (Å²) in [7, 11) is 1.87. The first kappa shape index (κ1) is 9.47. The molecule has 76 valence electrons. The van der Waals surface area contributed by atoms with Crippen molar-refractivity contribution in [2.75, 3.05) is 20.2 Å². The van der Waals surface area contributed by atoms with Gasteiger partial charge in [-0.05, 0) is 57.5 Å². The van der Waals surface area contributed by atoms with Gasteiger partial charge < -0.3 is 10.1 Å². The van der Waals surface area contributed by atoms with Gasteiger partial charge in [0, 0.05) is 7.11 Å². The SMILES string of the molecule is COC1(CCC2CCNCC2)CC1. The highest BCUT2D eigenvalue weighted by Gasteiger charge is 2.42. The van der Waals surface area contributed by atoms with Crippen molar-refractivity contribution in [2.45, 2.75) is 44.1 Å². The zero-order chi connectivity index (χ0) is 9.15. The molecule has 2 heteroatoms. The van der Waals surface area contributed by atoms with E-state index in [1.807, 2.05) is 7.11 Å². The van der Waals surface area contributed by atoms with Gasteiger partial charge in [-0.2, -0.15) is 0 Å². The summed E-state index contributed by atoms with van der Waals surface area (Å²) in [6.45, 7) is 2.45. The Hall–Kier alpha value is -0.0800. The molecule has 0 radical (unpaired) electrons. The normalized spacial score (nSPS) is 27.5. The van der Waals surface area contributed by atoms with Crippen molar-refractivity contribution in [1.29, 1.82) is 0 Å². The number of methoxy groups -OCH3 is 1. The third-order valence-electron chi connectivity index (χ3n) is 3.71. The van der Waals surface area contributed by atoms with Gasteiger partial charge in [-0.15, -0.1) is 0 Å². The fourth-order valence-corrected chi connectivity index (χ4v) is 2.33. The molecule has 0 atom stereocenters. The van der Waals surface area contributed by atoms with E-state index in [2.05, 4.69) is 5.32 Å². The highest BCUT2D eigenvalue weighted by molar-refractivity contribution is 4.95. The molecule has 0 spiro atoms. The van der Waals surface area contributed by atoms with Crippen molar-refractivity contribution < 1.29 is 4.74 Å². The summed E-state index contributed by atoms with van der Waals surface area (Å²) in [5.74, 6) is 0.967. The van der Waals surface area contributed by atoms with Gasteiger partial charge in [-0.25, -0.2) is 0 Å². The van der Waals surface area contributed by atoms with Gasteiger partial charge in [0.2, 0.25) is 0 Å². The Morgan fingerprint density at radius 3 is 2.54 bits per heavy atom. The van der Waals surface area contributed by atoms with Crippen LogP contribution in [0.15, 0.2) is 0 Å². The number of ether oxygens (including phenoxy) is 1. The lowest BCUT2D eigenvalue weighted by Crippen LogP contribution is -2.28. The smallest absolute Gasteiger partial charge is 0.0681 e. The molecule has 2 nitrogen and oxygen atoms in total. The second-order valence-corrected chi connectivity index (χ2v) is 4.62. The highest BCUT2D eigenvalue weighted by atomic mass is 16.5. The predicted octanol–water partition coefficient (Wildman–Crippen LogP) is 1.95. The molecule has 1 saturated heterocycles. The van der Waals surface area contributed by atoms with Crippen molar-refractivity contribution >= 4 is 0 Å². The molecule has 1 saturated carbocycles. The minimum atomic E-state index is 0.324. The molecule has 2 rings (SSSR count). The molecule has 0 aromatic rings. The lowest BCUT2D eigenvalue weighted by molar-refractivity contribution is 0.0652. The molecular formula is C11H21NO. The van der Waals surface area contributed by atoms with Crippen molar-refractivity contribution in [3.05, 3.63) is 0 Å². The maximum atomic E-state index is 5.52. The van der Waals surface area contributed by atoms with Crippen LogP contribution in [0.25, 0.3) is 0 Å². The average Bonchev–Trinajstić information content (AvgIpc) is 2.97. The summed E-state index contributed by atoms with van der Waals surface area (Å²) < 4.78 is 5.52. The Balaban J connectivity index is 1.66. The van der Waals surface area contributed by atoms with Crippen LogP contribution < -0.4 is 5.32 Å². The van der Waals surface area contributed by atoms with E-state index >= 15 is 0 Å². The van der Waals surface area contributed by atoms with Gasteiger partial charge in [0.1, 0.15) is 0 Å². The van der Waals surface area contributed by atoms with E-state index in [-0.39, 0.29) is 0 Å². The molecule has 1 aliphatic carbocycles. The average molecular weight is 183 g/mol. The second kappa shape index (κ2) is 3.97. The number of rotatable bonds is 4. The summed E-state index contributed by atoms with van der Waals surface area (Å²) in [5, 5.41) is 3.41. The molecule has 0 unspecified atom stereocenters. The third kappa shape index (κ3) is 2.44. The molecular weight excluding hydrogens is 162 g/mol. The monoisotopic (exact) mass is 183 g/mol. The Bertz CT molecular complexity index is 159. The van der Waals surface area contributed by atoms with Crippen LogP contribution in [0.4, 0.5) is 0 Å². The highest BCUT2D eigenvalue weighted by Crippen LogP contribution is 2.44. The lowest BCUT2D eigenvalue weighted by Gasteiger charge is -2.24. The van der Waals surface area contributed by atoms with Gasteiger partial charge in [0.05, 0.1) is 5.60 Å². The molecule has 2 fully saturated rings. The van der Waals surface area contributed by atoms with E-state index in [9.17, 15) is 0 Å². The predicted molar refractivity (Wildman–Crippen MR) is 53.8 cm³/mol. The first-order chi connectivity index (χ1) is 6.35. The van der Waals surface area contributed by atoms with Crippen LogP contribution in [-0.2, 0) is 4.74 Å². The number of hydrogen-bond acceptors (Lipinski definition) is 2. The molecule has 2 aliphatic rings. The van der Waals surface area contributed by atoms with Gasteiger partial charge in [-0.3, -0.25) is 0 Å². The fraction of sp³-hybridized carbons (Fsp3) is 1.00. The molecule has 1 heterocycles. The van der Waals surface area contributed by atoms with Crippen molar-refractivity contribution in [1.82, 2.24) is 5.32 Å². The number of nitrogens with one attached hydrogen (secondary N) is 1. The Kier molecular flexibility index (Phi) is 2.89. The quantitative estimate of drug-likeness (QED) is 0.719. The molecule has 0 aromatic carbocycles. The lowest BCUT2D eigenvalue weighted by atomic mass is 9.91. The van der Waals surface area contributed by atoms with E-state index in [1.165, 1.54) is 51.6 Å². The number of hydrogen-bond donors (Lipinski definition) is 1. The molecule has 1 aliphatic heterocycles. The zero-order valence-electron chi connectivity index (χ0n) is 8.64. The minimum absolute atomic E-state index is 0.324. The van der Waals surface area contributed by atoms with E-state index in [0.717, 1.165) is 5.92 Å². The summed E-state index contributed by atoms with van der Waals surface area (Å²) in [6, 6.07) is 0. The standard InChI is InChI=1S/C11H21NO/c1-13-11(6-7-11)5-2-10-3-8-12-9-4-10/h10,12H,2-9H2,1H3. The summed E-state index contributed by atoms with van der Waals surface area (Å²) >= 11 is 0. The van der Waals surface area contributed by atoms with E-state index in [0.29, 0.717) is 5.60 Å². The number of piperidine rings is 1. The van der Waals surface area contributed by atoms with Gasteiger partial charge >= 0.3 is 0 Å². The van der Waals surface area contributed by atoms with Crippen molar-refractivity contribution in [3.8, 4) is 0 Å². The van der Waals surface area contributed by atoms with Crippen LogP contribution in [0, 0.1) is 5.92 Å². The molecule has 13 heavy (non-hydrogen) atoms. The molecule has 0 aromatic heterocycles. The minimum Gasteiger partial charge on any atom is -0.378 e. The van der Waals surface area contributed by atoms with E-state index in [1.54, 1.807) is 0 Å². The van der Waals surface area contributed by atoms with Crippen molar-refractivity contribution in [2.24, 2.45) is 5.92 Å². The van der Waals surface area contributed by atoms with E-state index in [4.69, 9.17) is 4.74 Å². The van der Waals surface area contributed by atoms with Crippen LogP contribution >= 0.6 is 0 Å². The van der Waals surface area contributed by atoms with Gasteiger partial charge in [-0.1, -0.05) is 0 Å². The summed E-state index contributed by atoms with van der Waals surface area (Å²) in [5.41, 5.74) is 0.324. The Labute approximate surface area is 81.0 Å². The maximum absolute atomic E-state index is 5.52. The zero-order valence-corrected chi connectivity index (χ0v) is 8.64. The van der Waals surface area contributed by atoms with Crippen LogP contribution in [0.1, 0.15) is 38.5 Å². The van der Waals surface area contributed by atoms with E-state index < -0.39 is 0 Å². The second-order valence-electron chi connectivity index (χ2n) is 4.62. The third-order valence-corrected chi connectivity index (χ3v) is 3.71. The van der Waals surface area contributed by atoms with Crippen LogP contribution in [-0.4, -0.2) is 25.8 Å². The topological polar surface area (TPSA) is 21.3 Å². The Morgan fingerprint density at radius 2 is 2.00 bits per heavy atom. The summed E-state index contributed by atoms with van der Waals surface area (Å²) in [6.07, 6.45) is 8.03. The first-order valence-electron chi connectivity index (χ1n) is 5.60. The van der Waals surface area contributed by atoms with Crippen LogP contribution in [0.2, 0.25) is 0 Å². The fourth-order valence-electron chi connectivity index (χ4n) is 2.33. The Morgan fingerprint density at radius 1 is 1.31 bits per heavy atom. The molecule has 0 bridgehead atoms. The maximum Gasteiger partial charge on any atom is 0.0681 e. The van der Waals surface area contributed by atoms with Gasteiger partial charge in [0.15, 0.2) is 0 Å². The molecule has 1 N–H and O–H groups in total. The largest absolute Gasteiger partial charge is 0.378 e. The molecule has 0 amide bonds. The first-order valence-corrected chi connectivity index (χ1v) is 5.60. The summed E-state index contributed by atoms with van der Waals surface area (Å²) in [4.78, 5) is 0. The van der Waals surface area contributed by atoms with Crippen LogP contribution in [0.5, 0.6) is 0 Å². The van der Waals surface area contributed by atoms with Crippen LogP contribution in [0.3, 0.4) is 0 Å². The van der Waals surface area contributed by atoms with Gasteiger partial charge in [0.25, 0.3) is 0 Å².